The van der Waals surface area contributed by atoms with E-state index in [1.54, 1.807) is 30.5 Å². The molecule has 0 saturated carbocycles. The van der Waals surface area contributed by atoms with Crippen LogP contribution in [-0.4, -0.2) is 28.3 Å². The van der Waals surface area contributed by atoms with E-state index < -0.39 is 6.03 Å². The Labute approximate surface area is 168 Å². The van der Waals surface area contributed by atoms with Gasteiger partial charge in [0, 0.05) is 28.9 Å². The summed E-state index contributed by atoms with van der Waals surface area (Å²) in [5.41, 5.74) is 1.69. The Morgan fingerprint density at radius 3 is 2.72 bits per heavy atom. The van der Waals surface area contributed by atoms with Crippen molar-refractivity contribution in [3.8, 4) is 17.7 Å². The molecule has 0 spiro atoms. The van der Waals surface area contributed by atoms with Crippen molar-refractivity contribution >= 4 is 17.5 Å². The van der Waals surface area contributed by atoms with E-state index in [2.05, 4.69) is 37.6 Å². The predicted octanol–water partition coefficient (Wildman–Crippen LogP) is 3.81. The lowest BCUT2D eigenvalue weighted by Gasteiger charge is -2.12. The number of hydrogen-bond donors (Lipinski definition) is 2. The first-order chi connectivity index (χ1) is 13.8. The summed E-state index contributed by atoms with van der Waals surface area (Å²) in [6, 6.07) is 8.43. The standard InChI is InChI=1S/C21H21N5O3/c1-21(2,3)17-11-18(26-29-17)25-20(27)24-16-7-5-6-14(10-16)8-9-15-12-22-13-23-19(15)28-4/h5-7,10-13H,1-4H3,(H2,24,25,26,27). The van der Waals surface area contributed by atoms with E-state index in [1.165, 1.54) is 13.4 Å². The summed E-state index contributed by atoms with van der Waals surface area (Å²) in [7, 11) is 1.52. The fraction of sp³-hybridized carbons (Fsp3) is 0.238. The number of amides is 2. The number of hydrogen-bond acceptors (Lipinski definition) is 6. The molecule has 8 heteroatoms. The summed E-state index contributed by atoms with van der Waals surface area (Å²) in [4.78, 5) is 20.2. The van der Waals surface area contributed by atoms with Crippen molar-refractivity contribution in [2.24, 2.45) is 0 Å². The van der Waals surface area contributed by atoms with Crippen molar-refractivity contribution in [2.45, 2.75) is 26.2 Å². The van der Waals surface area contributed by atoms with Gasteiger partial charge in [-0.2, -0.15) is 0 Å². The average molecular weight is 391 g/mol. The Bertz CT molecular complexity index is 1070. The molecule has 8 nitrogen and oxygen atoms in total. The lowest BCUT2D eigenvalue weighted by molar-refractivity contribution is 0.262. The van der Waals surface area contributed by atoms with Gasteiger partial charge < -0.3 is 14.6 Å². The van der Waals surface area contributed by atoms with Gasteiger partial charge in [0.15, 0.2) is 5.82 Å². The van der Waals surface area contributed by atoms with Crippen LogP contribution in [0.1, 0.15) is 37.7 Å². The molecule has 0 aliphatic rings. The van der Waals surface area contributed by atoms with Crippen LogP contribution in [0.15, 0.2) is 47.4 Å². The van der Waals surface area contributed by atoms with Gasteiger partial charge in [0.05, 0.1) is 7.11 Å². The molecule has 2 aromatic heterocycles. The Hall–Kier alpha value is -3.86. The number of carbonyl (C=O) groups excluding carboxylic acids is 1. The summed E-state index contributed by atoms with van der Waals surface area (Å²) in [6.07, 6.45) is 2.98. The minimum atomic E-state index is -0.429. The van der Waals surface area contributed by atoms with Crippen LogP contribution in [0.3, 0.4) is 0 Å². The molecule has 2 heterocycles. The SMILES string of the molecule is COc1ncncc1C#Cc1cccc(NC(=O)Nc2cc(C(C)(C)C)on2)c1. The van der Waals surface area contributed by atoms with E-state index in [4.69, 9.17) is 9.26 Å². The molecule has 0 saturated heterocycles. The summed E-state index contributed by atoms with van der Waals surface area (Å²) in [5.74, 6) is 7.42. The number of nitrogens with zero attached hydrogens (tertiary/aromatic N) is 3. The number of aromatic nitrogens is 3. The van der Waals surface area contributed by atoms with Crippen molar-refractivity contribution in [2.75, 3.05) is 17.7 Å². The zero-order valence-corrected chi connectivity index (χ0v) is 16.6. The third-order valence-corrected chi connectivity index (χ3v) is 3.82. The molecule has 2 amide bonds. The highest BCUT2D eigenvalue weighted by Crippen LogP contribution is 2.24. The zero-order valence-electron chi connectivity index (χ0n) is 16.6. The van der Waals surface area contributed by atoms with Gasteiger partial charge in [-0.3, -0.25) is 5.32 Å². The van der Waals surface area contributed by atoms with Crippen LogP contribution in [0.5, 0.6) is 5.88 Å². The van der Waals surface area contributed by atoms with Crippen LogP contribution >= 0.6 is 0 Å². The number of rotatable bonds is 3. The molecule has 0 fully saturated rings. The fourth-order valence-corrected chi connectivity index (χ4v) is 2.35. The lowest BCUT2D eigenvalue weighted by Crippen LogP contribution is -2.19. The zero-order chi connectivity index (χ0) is 20.9. The Balaban J connectivity index is 1.68. The molecule has 29 heavy (non-hydrogen) atoms. The Kier molecular flexibility index (Phi) is 5.79. The van der Waals surface area contributed by atoms with Crippen LogP contribution < -0.4 is 15.4 Å². The second kappa shape index (κ2) is 8.44. The minimum Gasteiger partial charge on any atom is -0.480 e. The molecule has 0 atom stereocenters. The van der Waals surface area contributed by atoms with E-state index in [0.717, 1.165) is 0 Å². The Morgan fingerprint density at radius 2 is 2.00 bits per heavy atom. The normalized spacial score (nSPS) is 10.6. The van der Waals surface area contributed by atoms with Crippen molar-refractivity contribution in [1.82, 2.24) is 15.1 Å². The summed E-state index contributed by atoms with van der Waals surface area (Å²) >= 11 is 0. The van der Waals surface area contributed by atoms with Gasteiger partial charge in [0.25, 0.3) is 0 Å². The molecule has 0 bridgehead atoms. The highest BCUT2D eigenvalue weighted by Gasteiger charge is 2.20. The van der Waals surface area contributed by atoms with Crippen LogP contribution in [-0.2, 0) is 5.41 Å². The first kappa shape index (κ1) is 19.9. The van der Waals surface area contributed by atoms with Gasteiger partial charge in [-0.15, -0.1) is 0 Å². The van der Waals surface area contributed by atoms with Crippen molar-refractivity contribution in [3.63, 3.8) is 0 Å². The fourth-order valence-electron chi connectivity index (χ4n) is 2.35. The quantitative estimate of drug-likeness (QED) is 0.658. The van der Waals surface area contributed by atoms with Crippen LogP contribution in [0, 0.1) is 11.8 Å². The van der Waals surface area contributed by atoms with Crippen molar-refractivity contribution < 1.29 is 14.1 Å². The van der Waals surface area contributed by atoms with E-state index >= 15 is 0 Å². The van der Waals surface area contributed by atoms with E-state index in [0.29, 0.717) is 34.3 Å². The molecule has 0 aliphatic carbocycles. The van der Waals surface area contributed by atoms with Gasteiger partial charge in [-0.25, -0.2) is 14.8 Å². The van der Waals surface area contributed by atoms with E-state index in [9.17, 15) is 4.79 Å². The Morgan fingerprint density at radius 1 is 1.17 bits per heavy atom. The van der Waals surface area contributed by atoms with E-state index in [1.807, 2.05) is 26.8 Å². The number of ether oxygens (including phenoxy) is 1. The smallest absolute Gasteiger partial charge is 0.324 e. The number of nitrogens with one attached hydrogen (secondary N) is 2. The maximum absolute atomic E-state index is 12.2. The second-order valence-corrected chi connectivity index (χ2v) is 7.18. The summed E-state index contributed by atoms with van der Waals surface area (Å²) in [5, 5.41) is 9.27. The number of benzene rings is 1. The third-order valence-electron chi connectivity index (χ3n) is 3.82. The highest BCUT2D eigenvalue weighted by atomic mass is 16.5. The van der Waals surface area contributed by atoms with Crippen LogP contribution in [0.25, 0.3) is 0 Å². The summed E-state index contributed by atoms with van der Waals surface area (Å²) < 4.78 is 10.4. The van der Waals surface area contributed by atoms with Crippen LogP contribution in [0.4, 0.5) is 16.3 Å². The third kappa shape index (κ3) is 5.32. The molecular formula is C21H21N5O3. The minimum absolute atomic E-state index is 0.192. The number of methoxy groups -OCH3 is 1. The molecule has 2 N–H and O–H groups in total. The monoisotopic (exact) mass is 391 g/mol. The van der Waals surface area contributed by atoms with Gasteiger partial charge in [0.1, 0.15) is 17.7 Å². The topological polar surface area (TPSA) is 102 Å². The van der Waals surface area contributed by atoms with Gasteiger partial charge >= 0.3 is 6.03 Å². The lowest BCUT2D eigenvalue weighted by atomic mass is 9.93. The molecule has 0 radical (unpaired) electrons. The van der Waals surface area contributed by atoms with Crippen LogP contribution in [0.2, 0.25) is 0 Å². The van der Waals surface area contributed by atoms with E-state index in [-0.39, 0.29) is 5.41 Å². The first-order valence-electron chi connectivity index (χ1n) is 8.86. The number of urea groups is 1. The predicted molar refractivity (Wildman–Crippen MR) is 109 cm³/mol. The first-order valence-corrected chi connectivity index (χ1v) is 8.86. The molecule has 0 aliphatic heterocycles. The largest absolute Gasteiger partial charge is 0.480 e. The van der Waals surface area contributed by atoms with Gasteiger partial charge in [0.2, 0.25) is 5.88 Å². The maximum atomic E-state index is 12.2. The average Bonchev–Trinajstić information content (AvgIpc) is 3.15. The number of anilines is 2. The van der Waals surface area contributed by atoms with Gasteiger partial charge in [-0.1, -0.05) is 43.8 Å². The number of carbonyl (C=O) groups is 1. The molecule has 1 aromatic carbocycles. The molecule has 0 unspecified atom stereocenters. The molecule has 3 aromatic rings. The van der Waals surface area contributed by atoms with Crippen molar-refractivity contribution in [3.05, 3.63) is 59.7 Å². The second-order valence-electron chi connectivity index (χ2n) is 7.18. The highest BCUT2D eigenvalue weighted by molar-refractivity contribution is 5.99. The van der Waals surface area contributed by atoms with Gasteiger partial charge in [-0.05, 0) is 18.2 Å². The molecular weight excluding hydrogens is 370 g/mol. The molecule has 3 rings (SSSR count). The molecule has 148 valence electrons. The summed E-state index contributed by atoms with van der Waals surface area (Å²) in [6.45, 7) is 6.00. The van der Waals surface area contributed by atoms with Crippen molar-refractivity contribution in [1.29, 1.82) is 0 Å². The maximum Gasteiger partial charge on any atom is 0.324 e.